The van der Waals surface area contributed by atoms with E-state index < -0.39 is 0 Å². The van der Waals surface area contributed by atoms with Crippen molar-refractivity contribution in [2.45, 2.75) is 0 Å². The quantitative estimate of drug-likeness (QED) is 0.396. The van der Waals surface area contributed by atoms with Crippen molar-refractivity contribution < 1.29 is 0 Å². The van der Waals surface area contributed by atoms with Gasteiger partial charge in [0.1, 0.15) is 5.82 Å². The standard InChI is InChI=1S/C12H10N4O/c13-8-4-6-2-1-3-9(17)11(6)12-7(8)5-10(14)15-16-12/h1-5,16H,13H2,(H2,14,15). The third-order valence-electron chi connectivity index (χ3n) is 2.79. The first-order chi connectivity index (χ1) is 8.16. The van der Waals surface area contributed by atoms with Gasteiger partial charge in [0.15, 0.2) is 5.43 Å². The van der Waals surface area contributed by atoms with Gasteiger partial charge in [-0.2, -0.15) is 5.10 Å². The number of rotatable bonds is 0. The van der Waals surface area contributed by atoms with E-state index >= 15 is 0 Å². The maximum Gasteiger partial charge on any atom is 0.188 e. The van der Waals surface area contributed by atoms with Crippen LogP contribution in [-0.2, 0) is 0 Å². The van der Waals surface area contributed by atoms with Gasteiger partial charge in [-0.3, -0.25) is 9.89 Å². The van der Waals surface area contributed by atoms with Gasteiger partial charge in [0.25, 0.3) is 0 Å². The first kappa shape index (κ1) is 9.65. The molecule has 3 aromatic rings. The van der Waals surface area contributed by atoms with Crippen molar-refractivity contribution in [2.75, 3.05) is 11.5 Å². The second-order valence-corrected chi connectivity index (χ2v) is 3.90. The summed E-state index contributed by atoms with van der Waals surface area (Å²) in [4.78, 5) is 11.9. The van der Waals surface area contributed by atoms with Crippen LogP contribution in [0.25, 0.3) is 21.7 Å². The minimum Gasteiger partial charge on any atom is -0.398 e. The number of nitrogens with zero attached hydrogens (tertiary/aromatic N) is 1. The van der Waals surface area contributed by atoms with E-state index in [1.165, 1.54) is 6.07 Å². The molecule has 5 N–H and O–H groups in total. The molecular weight excluding hydrogens is 216 g/mol. The number of hydrogen-bond acceptors (Lipinski definition) is 4. The van der Waals surface area contributed by atoms with Crippen molar-refractivity contribution in [1.29, 1.82) is 0 Å². The molecule has 0 aliphatic heterocycles. The van der Waals surface area contributed by atoms with Crippen LogP contribution in [0.15, 0.2) is 35.1 Å². The van der Waals surface area contributed by atoms with Gasteiger partial charge in [0, 0.05) is 11.1 Å². The largest absolute Gasteiger partial charge is 0.398 e. The molecule has 0 radical (unpaired) electrons. The van der Waals surface area contributed by atoms with E-state index in [4.69, 9.17) is 11.5 Å². The molecule has 5 heteroatoms. The summed E-state index contributed by atoms with van der Waals surface area (Å²) < 4.78 is 0. The molecule has 0 fully saturated rings. The molecule has 1 aromatic heterocycles. The number of fused-ring (bicyclic) bond motifs is 3. The summed E-state index contributed by atoms with van der Waals surface area (Å²) in [7, 11) is 0. The fourth-order valence-electron chi connectivity index (χ4n) is 2.03. The summed E-state index contributed by atoms with van der Waals surface area (Å²) in [5, 5.41) is 8.79. The summed E-state index contributed by atoms with van der Waals surface area (Å²) in [5.41, 5.74) is 12.7. The van der Waals surface area contributed by atoms with Crippen LogP contribution in [0.3, 0.4) is 0 Å². The molecule has 0 atom stereocenters. The first-order valence-corrected chi connectivity index (χ1v) is 5.13. The number of nitrogens with one attached hydrogen (secondary N) is 1. The molecular formula is C12H10N4O. The van der Waals surface area contributed by atoms with E-state index in [1.54, 1.807) is 18.2 Å². The molecule has 0 unspecified atom stereocenters. The summed E-state index contributed by atoms with van der Waals surface area (Å²) in [6.45, 7) is 0. The number of aromatic nitrogens is 2. The van der Waals surface area contributed by atoms with E-state index in [-0.39, 0.29) is 5.43 Å². The van der Waals surface area contributed by atoms with E-state index in [2.05, 4.69) is 10.2 Å². The lowest BCUT2D eigenvalue weighted by atomic mass is 10.0. The maximum absolute atomic E-state index is 11.9. The van der Waals surface area contributed by atoms with Gasteiger partial charge < -0.3 is 11.5 Å². The Balaban J connectivity index is 2.68. The number of H-pyrrole nitrogens is 1. The first-order valence-electron chi connectivity index (χ1n) is 5.13. The Labute approximate surface area is 96.0 Å². The topological polar surface area (TPSA) is 97.8 Å². The van der Waals surface area contributed by atoms with Crippen molar-refractivity contribution in [2.24, 2.45) is 0 Å². The van der Waals surface area contributed by atoms with Crippen LogP contribution in [-0.4, -0.2) is 10.2 Å². The van der Waals surface area contributed by atoms with Crippen molar-refractivity contribution in [3.05, 3.63) is 40.6 Å². The Kier molecular flexibility index (Phi) is 1.82. The van der Waals surface area contributed by atoms with Gasteiger partial charge in [-0.1, -0.05) is 12.1 Å². The molecule has 0 saturated carbocycles. The van der Waals surface area contributed by atoms with Crippen LogP contribution in [0.5, 0.6) is 0 Å². The number of anilines is 2. The normalized spacial score (nSPS) is 11.1. The predicted molar refractivity (Wildman–Crippen MR) is 68.7 cm³/mol. The van der Waals surface area contributed by atoms with Crippen LogP contribution in [0.4, 0.5) is 11.5 Å². The Bertz CT molecular complexity index is 791. The lowest BCUT2D eigenvalue weighted by Crippen LogP contribution is -2.03. The molecule has 84 valence electrons. The highest BCUT2D eigenvalue weighted by molar-refractivity contribution is 6.10. The highest BCUT2D eigenvalue weighted by atomic mass is 16.1. The highest BCUT2D eigenvalue weighted by Gasteiger charge is 2.08. The summed E-state index contributed by atoms with van der Waals surface area (Å²) in [5.74, 6) is 0.340. The summed E-state index contributed by atoms with van der Waals surface area (Å²) in [6, 6.07) is 8.50. The predicted octanol–water partition coefficient (Wildman–Crippen LogP) is 1.24. The molecule has 0 bridgehead atoms. The fourth-order valence-corrected chi connectivity index (χ4v) is 2.03. The lowest BCUT2D eigenvalue weighted by molar-refractivity contribution is 1.09. The molecule has 0 spiro atoms. The molecule has 2 aromatic carbocycles. The van der Waals surface area contributed by atoms with E-state index in [0.717, 1.165) is 5.39 Å². The molecule has 5 nitrogen and oxygen atoms in total. The minimum atomic E-state index is -0.0599. The average Bonchev–Trinajstić information content (AvgIpc) is 2.30. The Hall–Kier alpha value is -2.56. The van der Waals surface area contributed by atoms with Crippen LogP contribution in [0.2, 0.25) is 0 Å². The highest BCUT2D eigenvalue weighted by Crippen LogP contribution is 2.27. The van der Waals surface area contributed by atoms with Crippen molar-refractivity contribution >= 4 is 33.2 Å². The number of aromatic amines is 1. The van der Waals surface area contributed by atoms with Crippen LogP contribution < -0.4 is 16.9 Å². The van der Waals surface area contributed by atoms with E-state index in [9.17, 15) is 4.79 Å². The zero-order valence-electron chi connectivity index (χ0n) is 8.90. The van der Waals surface area contributed by atoms with Gasteiger partial charge in [-0.05, 0) is 23.6 Å². The molecule has 1 heterocycles. The zero-order chi connectivity index (χ0) is 12.0. The number of nitrogens with two attached hydrogens (primary N) is 2. The third-order valence-corrected chi connectivity index (χ3v) is 2.79. The molecule has 0 amide bonds. The van der Waals surface area contributed by atoms with Gasteiger partial charge in [-0.15, -0.1) is 0 Å². The van der Waals surface area contributed by atoms with Crippen LogP contribution in [0.1, 0.15) is 0 Å². The van der Waals surface area contributed by atoms with Gasteiger partial charge in [0.05, 0.1) is 10.9 Å². The average molecular weight is 226 g/mol. The van der Waals surface area contributed by atoms with Crippen LogP contribution >= 0.6 is 0 Å². The van der Waals surface area contributed by atoms with E-state index in [0.29, 0.717) is 27.8 Å². The zero-order valence-corrected chi connectivity index (χ0v) is 8.90. The van der Waals surface area contributed by atoms with Crippen LogP contribution in [0, 0.1) is 0 Å². The second-order valence-electron chi connectivity index (χ2n) is 3.90. The summed E-state index contributed by atoms with van der Waals surface area (Å²) >= 11 is 0. The molecule has 17 heavy (non-hydrogen) atoms. The Morgan fingerprint density at radius 1 is 1.18 bits per heavy atom. The lowest BCUT2D eigenvalue weighted by Gasteiger charge is -2.06. The molecule has 0 aliphatic rings. The van der Waals surface area contributed by atoms with Gasteiger partial charge in [-0.25, -0.2) is 0 Å². The number of benzene rings is 2. The van der Waals surface area contributed by atoms with Crippen molar-refractivity contribution in [1.82, 2.24) is 10.2 Å². The maximum atomic E-state index is 11.9. The van der Waals surface area contributed by atoms with Crippen molar-refractivity contribution in [3.8, 4) is 0 Å². The summed E-state index contributed by atoms with van der Waals surface area (Å²) in [6.07, 6.45) is 0. The van der Waals surface area contributed by atoms with Crippen molar-refractivity contribution in [3.63, 3.8) is 0 Å². The SMILES string of the molecule is Nc1cc2c(N)cc3cccc(=O)c3c2[nH]n1. The molecule has 3 rings (SSSR count). The minimum absolute atomic E-state index is 0.0599. The Morgan fingerprint density at radius 2 is 2.00 bits per heavy atom. The van der Waals surface area contributed by atoms with E-state index in [1.807, 2.05) is 6.07 Å². The molecule has 0 aliphatic carbocycles. The number of hydrogen-bond donors (Lipinski definition) is 3. The second kappa shape index (κ2) is 3.21. The fraction of sp³-hybridized carbons (Fsp3) is 0. The third kappa shape index (κ3) is 1.32. The Morgan fingerprint density at radius 3 is 2.82 bits per heavy atom. The van der Waals surface area contributed by atoms with Gasteiger partial charge >= 0.3 is 0 Å². The molecule has 0 saturated heterocycles. The van der Waals surface area contributed by atoms with Gasteiger partial charge in [0.2, 0.25) is 0 Å². The smallest absolute Gasteiger partial charge is 0.188 e. The monoisotopic (exact) mass is 226 g/mol. The number of nitrogen functional groups attached to an aromatic ring is 2.